The number of aromatic amines is 1. The van der Waals surface area contributed by atoms with Crippen molar-refractivity contribution in [3.63, 3.8) is 0 Å². The molecule has 2 fully saturated rings. The number of nitrogens with one attached hydrogen (secondary N) is 1. The fourth-order valence-electron chi connectivity index (χ4n) is 3.56. The van der Waals surface area contributed by atoms with Crippen LogP contribution in [0.3, 0.4) is 0 Å². The second-order valence-corrected chi connectivity index (χ2v) is 6.57. The van der Waals surface area contributed by atoms with Gasteiger partial charge in [0.2, 0.25) is 5.91 Å². The van der Waals surface area contributed by atoms with Crippen molar-refractivity contribution < 1.29 is 9.90 Å². The zero-order valence-electron chi connectivity index (χ0n) is 12.6. The fraction of sp³-hybridized carbons (Fsp3) is 0.800. The SMILES string of the molecule is Cc1nc(C2CCCN(C(=O)CC3(O)CCCC3)C2)n[nH]1. The maximum absolute atomic E-state index is 12.5. The number of likely N-dealkylation sites (tertiary alicyclic amines) is 1. The number of aromatic nitrogens is 3. The molecule has 6 nitrogen and oxygen atoms in total. The van der Waals surface area contributed by atoms with Crippen LogP contribution in [0, 0.1) is 6.92 Å². The second kappa shape index (κ2) is 5.75. The van der Waals surface area contributed by atoms with E-state index < -0.39 is 5.60 Å². The maximum Gasteiger partial charge on any atom is 0.225 e. The smallest absolute Gasteiger partial charge is 0.225 e. The van der Waals surface area contributed by atoms with E-state index in [9.17, 15) is 9.90 Å². The molecule has 3 rings (SSSR count). The molecule has 2 N–H and O–H groups in total. The van der Waals surface area contributed by atoms with Gasteiger partial charge in [0.25, 0.3) is 0 Å². The van der Waals surface area contributed by atoms with E-state index in [0.29, 0.717) is 6.54 Å². The third kappa shape index (κ3) is 3.26. The normalized spacial score (nSPS) is 25.2. The first-order valence-electron chi connectivity index (χ1n) is 7.95. The van der Waals surface area contributed by atoms with Crippen molar-refractivity contribution in [2.45, 2.75) is 63.4 Å². The quantitative estimate of drug-likeness (QED) is 0.885. The van der Waals surface area contributed by atoms with E-state index in [-0.39, 0.29) is 18.2 Å². The Hall–Kier alpha value is -1.43. The van der Waals surface area contributed by atoms with Crippen LogP contribution in [0.25, 0.3) is 0 Å². The van der Waals surface area contributed by atoms with Crippen LogP contribution in [0.15, 0.2) is 0 Å². The molecule has 6 heteroatoms. The zero-order valence-corrected chi connectivity index (χ0v) is 12.6. The highest BCUT2D eigenvalue weighted by Crippen LogP contribution is 2.33. The van der Waals surface area contributed by atoms with Gasteiger partial charge in [-0.25, -0.2) is 4.98 Å². The topological polar surface area (TPSA) is 82.1 Å². The van der Waals surface area contributed by atoms with Crippen molar-refractivity contribution >= 4 is 5.91 Å². The number of rotatable bonds is 3. The van der Waals surface area contributed by atoms with E-state index in [0.717, 1.165) is 56.7 Å². The zero-order chi connectivity index (χ0) is 14.9. The average Bonchev–Trinajstić information content (AvgIpc) is 3.08. The second-order valence-electron chi connectivity index (χ2n) is 6.57. The molecule has 1 amide bonds. The first kappa shape index (κ1) is 14.5. The lowest BCUT2D eigenvalue weighted by Gasteiger charge is -2.33. The van der Waals surface area contributed by atoms with E-state index in [1.165, 1.54) is 0 Å². The summed E-state index contributed by atoms with van der Waals surface area (Å²) in [5, 5.41) is 17.5. The maximum atomic E-state index is 12.5. The van der Waals surface area contributed by atoms with Crippen molar-refractivity contribution in [3.8, 4) is 0 Å². The van der Waals surface area contributed by atoms with Crippen molar-refractivity contribution in [3.05, 3.63) is 11.6 Å². The molecule has 116 valence electrons. The summed E-state index contributed by atoms with van der Waals surface area (Å²) in [5.74, 6) is 1.92. The summed E-state index contributed by atoms with van der Waals surface area (Å²) in [6.45, 7) is 3.35. The molecule has 0 spiro atoms. The summed E-state index contributed by atoms with van der Waals surface area (Å²) < 4.78 is 0. The number of carbonyl (C=O) groups excluding carboxylic acids is 1. The molecule has 21 heavy (non-hydrogen) atoms. The highest BCUT2D eigenvalue weighted by molar-refractivity contribution is 5.77. The Morgan fingerprint density at radius 3 is 2.86 bits per heavy atom. The summed E-state index contributed by atoms with van der Waals surface area (Å²) in [6, 6.07) is 0. The average molecular weight is 292 g/mol. The molecule has 0 radical (unpaired) electrons. The number of nitrogens with zero attached hydrogens (tertiary/aromatic N) is 3. The summed E-state index contributed by atoms with van der Waals surface area (Å²) in [4.78, 5) is 18.7. The Kier molecular flexibility index (Phi) is 3.97. The Morgan fingerprint density at radius 2 is 2.19 bits per heavy atom. The third-order valence-electron chi connectivity index (χ3n) is 4.77. The van der Waals surface area contributed by atoms with Crippen LogP contribution in [0.1, 0.15) is 62.5 Å². The van der Waals surface area contributed by atoms with Gasteiger partial charge in [0.05, 0.1) is 12.0 Å². The van der Waals surface area contributed by atoms with Gasteiger partial charge < -0.3 is 10.0 Å². The van der Waals surface area contributed by atoms with E-state index in [1.54, 1.807) is 0 Å². The minimum Gasteiger partial charge on any atom is -0.389 e. The van der Waals surface area contributed by atoms with E-state index in [2.05, 4.69) is 15.2 Å². The predicted octanol–water partition coefficient (Wildman–Crippen LogP) is 1.51. The number of aryl methyl sites for hydroxylation is 1. The van der Waals surface area contributed by atoms with Gasteiger partial charge in [-0.2, -0.15) is 5.10 Å². The Bertz CT molecular complexity index is 508. The minimum atomic E-state index is -0.759. The molecule has 1 aliphatic heterocycles. The van der Waals surface area contributed by atoms with Gasteiger partial charge in [0.1, 0.15) is 5.82 Å². The van der Waals surface area contributed by atoms with E-state index in [1.807, 2.05) is 11.8 Å². The minimum absolute atomic E-state index is 0.0800. The van der Waals surface area contributed by atoms with Crippen LogP contribution in [-0.4, -0.2) is 49.8 Å². The highest BCUT2D eigenvalue weighted by atomic mass is 16.3. The molecule has 2 heterocycles. The summed E-state index contributed by atoms with van der Waals surface area (Å²) in [5.41, 5.74) is -0.759. The number of hydrogen-bond donors (Lipinski definition) is 2. The molecule has 1 unspecified atom stereocenters. The first-order chi connectivity index (χ1) is 10.1. The molecule has 1 atom stereocenters. The number of carbonyl (C=O) groups is 1. The summed E-state index contributed by atoms with van der Waals surface area (Å²) in [6.07, 6.45) is 5.85. The standard InChI is InChI=1S/C15H24N4O2/c1-11-16-14(18-17-11)12-5-4-8-19(10-12)13(20)9-15(21)6-2-3-7-15/h12,21H,2-10H2,1H3,(H,16,17,18). The number of aliphatic hydroxyl groups is 1. The van der Waals surface area contributed by atoms with Crippen molar-refractivity contribution in [1.82, 2.24) is 20.1 Å². The highest BCUT2D eigenvalue weighted by Gasteiger charge is 2.36. The lowest BCUT2D eigenvalue weighted by Crippen LogP contribution is -2.43. The molecule has 0 bridgehead atoms. The largest absolute Gasteiger partial charge is 0.389 e. The van der Waals surface area contributed by atoms with Crippen LogP contribution in [-0.2, 0) is 4.79 Å². The summed E-state index contributed by atoms with van der Waals surface area (Å²) in [7, 11) is 0. The van der Waals surface area contributed by atoms with Gasteiger partial charge in [-0.05, 0) is 32.6 Å². The predicted molar refractivity (Wildman–Crippen MR) is 77.7 cm³/mol. The van der Waals surface area contributed by atoms with E-state index in [4.69, 9.17) is 0 Å². The van der Waals surface area contributed by atoms with Crippen LogP contribution in [0.5, 0.6) is 0 Å². The van der Waals surface area contributed by atoms with Crippen molar-refractivity contribution in [2.75, 3.05) is 13.1 Å². The Labute approximate surface area is 124 Å². The Morgan fingerprint density at radius 1 is 1.43 bits per heavy atom. The summed E-state index contributed by atoms with van der Waals surface area (Å²) >= 11 is 0. The van der Waals surface area contributed by atoms with Crippen molar-refractivity contribution in [2.24, 2.45) is 0 Å². The molecule has 1 aliphatic carbocycles. The third-order valence-corrected chi connectivity index (χ3v) is 4.77. The molecular formula is C15H24N4O2. The Balaban J connectivity index is 1.61. The van der Waals surface area contributed by atoms with E-state index >= 15 is 0 Å². The number of amides is 1. The van der Waals surface area contributed by atoms with Crippen LogP contribution >= 0.6 is 0 Å². The van der Waals surface area contributed by atoms with Gasteiger partial charge in [-0.15, -0.1) is 0 Å². The van der Waals surface area contributed by atoms with Crippen LogP contribution < -0.4 is 0 Å². The van der Waals surface area contributed by atoms with Gasteiger partial charge >= 0.3 is 0 Å². The lowest BCUT2D eigenvalue weighted by atomic mass is 9.94. The molecule has 0 aromatic carbocycles. The van der Waals surface area contributed by atoms with Crippen LogP contribution in [0.2, 0.25) is 0 Å². The van der Waals surface area contributed by atoms with Crippen molar-refractivity contribution in [1.29, 1.82) is 0 Å². The number of piperidine rings is 1. The molecule has 1 saturated heterocycles. The van der Waals surface area contributed by atoms with Gasteiger partial charge in [0, 0.05) is 19.0 Å². The van der Waals surface area contributed by atoms with Gasteiger partial charge in [-0.3, -0.25) is 9.89 Å². The van der Waals surface area contributed by atoms with Gasteiger partial charge in [-0.1, -0.05) is 12.8 Å². The number of H-pyrrole nitrogens is 1. The monoisotopic (exact) mass is 292 g/mol. The number of hydrogen-bond acceptors (Lipinski definition) is 4. The lowest BCUT2D eigenvalue weighted by molar-refractivity contribution is -0.137. The molecule has 1 aromatic rings. The molecular weight excluding hydrogens is 268 g/mol. The molecule has 1 aromatic heterocycles. The first-order valence-corrected chi connectivity index (χ1v) is 7.95. The molecule has 2 aliphatic rings. The van der Waals surface area contributed by atoms with Gasteiger partial charge in [0.15, 0.2) is 5.82 Å². The molecule has 1 saturated carbocycles. The fourth-order valence-corrected chi connectivity index (χ4v) is 3.56. The van der Waals surface area contributed by atoms with Crippen LogP contribution in [0.4, 0.5) is 0 Å².